The number of rotatable bonds is 6. The molecular weight excluding hydrogens is 230 g/mol. The molecule has 5 nitrogen and oxygen atoms in total. The van der Waals surface area contributed by atoms with E-state index in [1.807, 2.05) is 19.9 Å². The molecule has 0 bridgehead atoms. The molecule has 0 heterocycles. The van der Waals surface area contributed by atoms with Crippen molar-refractivity contribution >= 4 is 5.69 Å². The van der Waals surface area contributed by atoms with Crippen molar-refractivity contribution in [2.24, 2.45) is 5.92 Å². The van der Waals surface area contributed by atoms with Gasteiger partial charge in [0.25, 0.3) is 5.69 Å². The van der Waals surface area contributed by atoms with Crippen LogP contribution in [0.25, 0.3) is 0 Å². The minimum Gasteiger partial charge on any atom is -0.298 e. The van der Waals surface area contributed by atoms with Crippen molar-refractivity contribution in [2.45, 2.75) is 20.4 Å². The molecular formula is C13H17N3O2. The lowest BCUT2D eigenvalue weighted by atomic mass is 10.1. The minimum absolute atomic E-state index is 0.0383. The third kappa shape index (κ3) is 4.15. The fourth-order valence-electron chi connectivity index (χ4n) is 1.76. The molecule has 0 radical (unpaired) electrons. The van der Waals surface area contributed by atoms with Crippen molar-refractivity contribution in [3.8, 4) is 6.07 Å². The lowest BCUT2D eigenvalue weighted by Gasteiger charge is -2.21. The van der Waals surface area contributed by atoms with Gasteiger partial charge in [-0.25, -0.2) is 0 Å². The quantitative estimate of drug-likeness (QED) is 0.572. The Labute approximate surface area is 107 Å². The van der Waals surface area contributed by atoms with Gasteiger partial charge >= 0.3 is 0 Å². The normalized spacial score (nSPS) is 12.1. The van der Waals surface area contributed by atoms with E-state index >= 15 is 0 Å². The summed E-state index contributed by atoms with van der Waals surface area (Å²) in [5, 5.41) is 19.5. The van der Waals surface area contributed by atoms with Gasteiger partial charge in [0.2, 0.25) is 0 Å². The molecule has 0 saturated heterocycles. The van der Waals surface area contributed by atoms with Crippen molar-refractivity contribution in [1.82, 2.24) is 4.90 Å². The highest BCUT2D eigenvalue weighted by Crippen LogP contribution is 2.15. The SMILES string of the molecule is CCN(Cc1cccc([N+](=O)[O-])c1)CC(C)C#N. The van der Waals surface area contributed by atoms with E-state index < -0.39 is 4.92 Å². The first kappa shape index (κ1) is 14.1. The molecule has 1 rings (SSSR count). The Balaban J connectivity index is 2.73. The largest absolute Gasteiger partial charge is 0.298 e. The second-order valence-corrected chi connectivity index (χ2v) is 4.28. The van der Waals surface area contributed by atoms with Crippen molar-refractivity contribution in [1.29, 1.82) is 5.26 Å². The van der Waals surface area contributed by atoms with E-state index in [2.05, 4.69) is 11.0 Å². The summed E-state index contributed by atoms with van der Waals surface area (Å²) in [5.74, 6) is -0.0383. The van der Waals surface area contributed by atoms with Gasteiger partial charge in [0.1, 0.15) is 0 Å². The maximum atomic E-state index is 10.7. The summed E-state index contributed by atoms with van der Waals surface area (Å²) in [5.41, 5.74) is 1.01. The van der Waals surface area contributed by atoms with E-state index in [1.54, 1.807) is 12.1 Å². The summed E-state index contributed by atoms with van der Waals surface area (Å²) in [4.78, 5) is 12.4. The lowest BCUT2D eigenvalue weighted by Crippen LogP contribution is -2.27. The summed E-state index contributed by atoms with van der Waals surface area (Å²) >= 11 is 0. The monoisotopic (exact) mass is 247 g/mol. The topological polar surface area (TPSA) is 70.2 Å². The fourth-order valence-corrected chi connectivity index (χ4v) is 1.76. The molecule has 1 unspecified atom stereocenters. The second-order valence-electron chi connectivity index (χ2n) is 4.28. The number of hydrogen-bond acceptors (Lipinski definition) is 4. The summed E-state index contributed by atoms with van der Waals surface area (Å²) in [7, 11) is 0. The Bertz CT molecular complexity index is 454. The summed E-state index contributed by atoms with van der Waals surface area (Å²) in [6, 6.07) is 8.82. The van der Waals surface area contributed by atoms with Crippen LogP contribution in [0.2, 0.25) is 0 Å². The third-order valence-electron chi connectivity index (χ3n) is 2.73. The summed E-state index contributed by atoms with van der Waals surface area (Å²) < 4.78 is 0. The third-order valence-corrected chi connectivity index (χ3v) is 2.73. The minimum atomic E-state index is -0.391. The van der Waals surface area contributed by atoms with Gasteiger partial charge in [-0.05, 0) is 19.0 Å². The second kappa shape index (κ2) is 6.72. The van der Waals surface area contributed by atoms with Gasteiger partial charge in [-0.15, -0.1) is 0 Å². The molecule has 0 aliphatic heterocycles. The van der Waals surface area contributed by atoms with Crippen LogP contribution in [-0.2, 0) is 6.54 Å². The van der Waals surface area contributed by atoms with Crippen LogP contribution in [-0.4, -0.2) is 22.9 Å². The number of nitrogens with zero attached hydrogens (tertiary/aromatic N) is 3. The Morgan fingerprint density at radius 2 is 2.28 bits per heavy atom. The van der Waals surface area contributed by atoms with E-state index in [-0.39, 0.29) is 11.6 Å². The summed E-state index contributed by atoms with van der Waals surface area (Å²) in [6.07, 6.45) is 0. The first-order valence-electron chi connectivity index (χ1n) is 5.92. The van der Waals surface area contributed by atoms with Crippen molar-refractivity contribution in [3.05, 3.63) is 39.9 Å². The molecule has 0 amide bonds. The molecule has 0 aliphatic rings. The zero-order valence-corrected chi connectivity index (χ0v) is 10.7. The summed E-state index contributed by atoms with van der Waals surface area (Å²) in [6.45, 7) is 6.01. The van der Waals surface area contributed by atoms with Crippen LogP contribution < -0.4 is 0 Å². The molecule has 0 N–H and O–H groups in total. The fraction of sp³-hybridized carbons (Fsp3) is 0.462. The molecule has 0 fully saturated rings. The zero-order valence-electron chi connectivity index (χ0n) is 10.7. The van der Waals surface area contributed by atoms with Gasteiger partial charge in [0.05, 0.1) is 16.9 Å². The molecule has 1 aromatic carbocycles. The molecule has 5 heteroatoms. The number of non-ortho nitro benzene ring substituents is 1. The average molecular weight is 247 g/mol. The maximum Gasteiger partial charge on any atom is 0.269 e. The van der Waals surface area contributed by atoms with Crippen LogP contribution in [0.4, 0.5) is 5.69 Å². The van der Waals surface area contributed by atoms with Crippen molar-refractivity contribution in [2.75, 3.05) is 13.1 Å². The molecule has 0 aliphatic carbocycles. The van der Waals surface area contributed by atoms with E-state index in [9.17, 15) is 10.1 Å². The van der Waals surface area contributed by atoms with Gasteiger partial charge in [-0.3, -0.25) is 15.0 Å². The lowest BCUT2D eigenvalue weighted by molar-refractivity contribution is -0.384. The molecule has 0 saturated carbocycles. The van der Waals surface area contributed by atoms with Crippen molar-refractivity contribution in [3.63, 3.8) is 0 Å². The van der Waals surface area contributed by atoms with Crippen LogP contribution >= 0.6 is 0 Å². The Kier molecular flexibility index (Phi) is 5.28. The highest BCUT2D eigenvalue weighted by atomic mass is 16.6. The predicted molar refractivity (Wildman–Crippen MR) is 68.8 cm³/mol. The van der Waals surface area contributed by atoms with Gasteiger partial charge < -0.3 is 0 Å². The molecule has 0 spiro atoms. The van der Waals surface area contributed by atoms with E-state index in [0.717, 1.165) is 12.1 Å². The molecule has 18 heavy (non-hydrogen) atoms. The van der Waals surface area contributed by atoms with Gasteiger partial charge in [0.15, 0.2) is 0 Å². The van der Waals surface area contributed by atoms with Gasteiger partial charge in [-0.1, -0.05) is 19.1 Å². The van der Waals surface area contributed by atoms with Crippen molar-refractivity contribution < 1.29 is 4.92 Å². The van der Waals surface area contributed by atoms with Crippen LogP contribution in [0, 0.1) is 27.4 Å². The molecule has 1 aromatic rings. The number of benzene rings is 1. The Morgan fingerprint density at radius 1 is 1.56 bits per heavy atom. The van der Waals surface area contributed by atoms with Gasteiger partial charge in [-0.2, -0.15) is 5.26 Å². The highest BCUT2D eigenvalue weighted by Gasteiger charge is 2.11. The van der Waals surface area contributed by atoms with Crippen LogP contribution in [0.5, 0.6) is 0 Å². The average Bonchev–Trinajstić information content (AvgIpc) is 2.38. The smallest absolute Gasteiger partial charge is 0.269 e. The number of hydrogen-bond donors (Lipinski definition) is 0. The Hall–Kier alpha value is -1.93. The van der Waals surface area contributed by atoms with Crippen LogP contribution in [0.1, 0.15) is 19.4 Å². The first-order chi connectivity index (χ1) is 8.56. The first-order valence-corrected chi connectivity index (χ1v) is 5.92. The molecule has 96 valence electrons. The van der Waals surface area contributed by atoms with E-state index in [1.165, 1.54) is 6.07 Å². The number of nitro benzene ring substituents is 1. The molecule has 1 atom stereocenters. The maximum absolute atomic E-state index is 10.7. The number of nitro groups is 1. The van der Waals surface area contributed by atoms with Crippen LogP contribution in [0.3, 0.4) is 0 Å². The Morgan fingerprint density at radius 3 is 2.83 bits per heavy atom. The van der Waals surface area contributed by atoms with E-state index in [0.29, 0.717) is 13.1 Å². The highest BCUT2D eigenvalue weighted by molar-refractivity contribution is 5.34. The number of nitriles is 1. The molecule has 0 aromatic heterocycles. The predicted octanol–water partition coefficient (Wildman–Crippen LogP) is 2.58. The van der Waals surface area contributed by atoms with Gasteiger partial charge in [0, 0.05) is 25.2 Å². The standard InChI is InChI=1S/C13H17N3O2/c1-3-15(9-11(2)8-14)10-12-5-4-6-13(7-12)16(17)18/h4-7,11H,3,9-10H2,1-2H3. The van der Waals surface area contributed by atoms with E-state index in [4.69, 9.17) is 5.26 Å². The van der Waals surface area contributed by atoms with Crippen LogP contribution in [0.15, 0.2) is 24.3 Å². The zero-order chi connectivity index (χ0) is 13.5.